The summed E-state index contributed by atoms with van der Waals surface area (Å²) in [7, 11) is 0. The highest BCUT2D eigenvalue weighted by Crippen LogP contribution is 2.30. The number of pyridine rings is 1. The second-order valence-electron chi connectivity index (χ2n) is 4.96. The van der Waals surface area contributed by atoms with Gasteiger partial charge in [-0.25, -0.2) is 10.8 Å². The van der Waals surface area contributed by atoms with Crippen LogP contribution in [0.5, 0.6) is 0 Å². The molecule has 3 N–H and O–H groups in total. The van der Waals surface area contributed by atoms with E-state index in [0.29, 0.717) is 0 Å². The molecule has 1 aliphatic rings. The zero-order chi connectivity index (χ0) is 13.1. The van der Waals surface area contributed by atoms with Crippen molar-refractivity contribution in [3.05, 3.63) is 46.3 Å². The van der Waals surface area contributed by atoms with Crippen LogP contribution in [0.15, 0.2) is 35.2 Å². The highest BCUT2D eigenvalue weighted by atomic mass is 32.1. The normalized spacial score (nSPS) is 14.8. The van der Waals surface area contributed by atoms with Gasteiger partial charge in [-0.05, 0) is 52.9 Å². The van der Waals surface area contributed by atoms with Gasteiger partial charge in [-0.15, -0.1) is 0 Å². The number of anilines is 1. The van der Waals surface area contributed by atoms with Crippen molar-refractivity contribution in [2.24, 2.45) is 5.84 Å². The standard InChI is InChI=1S/C14H18N4S/c15-17-14-7-11(3-5-16-14)8-18(13-1-2-13)9-12-4-6-19-10-12/h3-7,10,13H,1-2,8-9,15H2,(H,16,17). The molecule has 0 atom stereocenters. The van der Waals surface area contributed by atoms with E-state index in [1.165, 1.54) is 24.0 Å². The molecule has 4 nitrogen and oxygen atoms in total. The summed E-state index contributed by atoms with van der Waals surface area (Å²) in [5.41, 5.74) is 5.26. The topological polar surface area (TPSA) is 54.2 Å². The zero-order valence-electron chi connectivity index (χ0n) is 10.7. The minimum Gasteiger partial charge on any atom is -0.308 e. The van der Waals surface area contributed by atoms with Gasteiger partial charge in [-0.1, -0.05) is 0 Å². The average molecular weight is 274 g/mol. The van der Waals surface area contributed by atoms with Gasteiger partial charge in [-0.3, -0.25) is 4.90 Å². The molecule has 0 unspecified atom stereocenters. The predicted molar refractivity (Wildman–Crippen MR) is 78.6 cm³/mol. The van der Waals surface area contributed by atoms with Gasteiger partial charge in [-0.2, -0.15) is 11.3 Å². The van der Waals surface area contributed by atoms with Gasteiger partial charge in [0.05, 0.1) is 0 Å². The highest BCUT2D eigenvalue weighted by Gasteiger charge is 2.29. The van der Waals surface area contributed by atoms with Gasteiger partial charge in [0.15, 0.2) is 0 Å². The van der Waals surface area contributed by atoms with Gasteiger partial charge in [0.1, 0.15) is 5.82 Å². The van der Waals surface area contributed by atoms with Crippen LogP contribution < -0.4 is 11.3 Å². The van der Waals surface area contributed by atoms with E-state index in [-0.39, 0.29) is 0 Å². The van der Waals surface area contributed by atoms with Gasteiger partial charge in [0.2, 0.25) is 0 Å². The van der Waals surface area contributed by atoms with E-state index in [0.717, 1.165) is 24.9 Å². The molecule has 1 saturated carbocycles. The summed E-state index contributed by atoms with van der Waals surface area (Å²) >= 11 is 1.76. The van der Waals surface area contributed by atoms with Crippen molar-refractivity contribution in [3.63, 3.8) is 0 Å². The van der Waals surface area contributed by atoms with Crippen molar-refractivity contribution >= 4 is 17.2 Å². The second kappa shape index (κ2) is 5.69. The Kier molecular flexibility index (Phi) is 3.77. The number of nitrogens with one attached hydrogen (secondary N) is 1. The summed E-state index contributed by atoms with van der Waals surface area (Å²) in [5, 5.41) is 4.37. The first kappa shape index (κ1) is 12.6. The first-order valence-corrected chi connectivity index (χ1v) is 7.46. The number of nitrogen functional groups attached to an aromatic ring is 1. The molecule has 100 valence electrons. The molecular weight excluding hydrogens is 256 g/mol. The zero-order valence-corrected chi connectivity index (χ0v) is 11.6. The molecule has 2 heterocycles. The molecule has 0 saturated heterocycles. The Hall–Kier alpha value is -1.43. The lowest BCUT2D eigenvalue weighted by atomic mass is 10.2. The SMILES string of the molecule is NNc1cc(CN(Cc2ccsc2)C2CC2)ccn1. The van der Waals surface area contributed by atoms with Crippen molar-refractivity contribution in [3.8, 4) is 0 Å². The third-order valence-corrected chi connectivity index (χ3v) is 4.12. The van der Waals surface area contributed by atoms with Gasteiger partial charge < -0.3 is 5.43 Å². The van der Waals surface area contributed by atoms with E-state index in [2.05, 4.69) is 38.2 Å². The number of thiophene rings is 1. The van der Waals surface area contributed by atoms with E-state index in [9.17, 15) is 0 Å². The van der Waals surface area contributed by atoms with Crippen molar-refractivity contribution < 1.29 is 0 Å². The predicted octanol–water partition coefficient (Wildman–Crippen LogP) is 2.59. The molecule has 0 spiro atoms. The Bertz CT molecular complexity index is 522. The summed E-state index contributed by atoms with van der Waals surface area (Å²) in [4.78, 5) is 6.69. The third-order valence-electron chi connectivity index (χ3n) is 3.39. The quantitative estimate of drug-likeness (QED) is 0.628. The Labute approximate surface area is 117 Å². The van der Waals surface area contributed by atoms with Crippen LogP contribution in [0.2, 0.25) is 0 Å². The lowest BCUT2D eigenvalue weighted by Crippen LogP contribution is -2.25. The maximum absolute atomic E-state index is 5.41. The van der Waals surface area contributed by atoms with E-state index < -0.39 is 0 Å². The minimum absolute atomic E-state index is 0.726. The molecule has 2 aromatic rings. The summed E-state index contributed by atoms with van der Waals surface area (Å²) in [6, 6.07) is 7.02. The fourth-order valence-corrected chi connectivity index (χ4v) is 2.92. The van der Waals surface area contributed by atoms with Gasteiger partial charge in [0.25, 0.3) is 0 Å². The molecule has 2 aromatic heterocycles. The molecule has 0 amide bonds. The number of nitrogens with two attached hydrogens (primary N) is 1. The largest absolute Gasteiger partial charge is 0.308 e. The lowest BCUT2D eigenvalue weighted by molar-refractivity contribution is 0.246. The van der Waals surface area contributed by atoms with Crippen LogP contribution in [0.4, 0.5) is 5.82 Å². The molecule has 19 heavy (non-hydrogen) atoms. The Balaban J connectivity index is 1.70. The molecule has 1 aliphatic carbocycles. The monoisotopic (exact) mass is 274 g/mol. The molecule has 0 aromatic carbocycles. The fraction of sp³-hybridized carbons (Fsp3) is 0.357. The van der Waals surface area contributed by atoms with Crippen LogP contribution in [-0.4, -0.2) is 15.9 Å². The lowest BCUT2D eigenvalue weighted by Gasteiger charge is -2.21. The molecule has 5 heteroatoms. The molecular formula is C14H18N4S. The Morgan fingerprint density at radius 1 is 1.32 bits per heavy atom. The minimum atomic E-state index is 0.726. The smallest absolute Gasteiger partial charge is 0.140 e. The molecule has 3 rings (SSSR count). The maximum atomic E-state index is 5.41. The average Bonchev–Trinajstić information content (AvgIpc) is 3.17. The number of rotatable bonds is 6. The number of hydrogen-bond acceptors (Lipinski definition) is 5. The van der Waals surface area contributed by atoms with Crippen molar-refractivity contribution in [1.29, 1.82) is 0 Å². The van der Waals surface area contributed by atoms with Crippen LogP contribution in [0, 0.1) is 0 Å². The van der Waals surface area contributed by atoms with Crippen LogP contribution >= 0.6 is 11.3 Å². The van der Waals surface area contributed by atoms with Gasteiger partial charge >= 0.3 is 0 Å². The summed E-state index contributed by atoms with van der Waals surface area (Å²) < 4.78 is 0. The first-order valence-electron chi connectivity index (χ1n) is 6.52. The Morgan fingerprint density at radius 3 is 2.84 bits per heavy atom. The van der Waals surface area contributed by atoms with Crippen molar-refractivity contribution in [1.82, 2.24) is 9.88 Å². The number of nitrogens with zero attached hydrogens (tertiary/aromatic N) is 2. The van der Waals surface area contributed by atoms with Crippen LogP contribution in [0.25, 0.3) is 0 Å². The maximum Gasteiger partial charge on any atom is 0.140 e. The van der Waals surface area contributed by atoms with Crippen LogP contribution in [0.1, 0.15) is 24.0 Å². The number of hydrogen-bond donors (Lipinski definition) is 2. The molecule has 0 bridgehead atoms. The second-order valence-corrected chi connectivity index (χ2v) is 5.74. The molecule has 0 aliphatic heterocycles. The van der Waals surface area contributed by atoms with E-state index in [1.54, 1.807) is 17.5 Å². The molecule has 0 radical (unpaired) electrons. The Morgan fingerprint density at radius 2 is 2.16 bits per heavy atom. The molecule has 1 fully saturated rings. The first-order chi connectivity index (χ1) is 9.35. The fourth-order valence-electron chi connectivity index (χ4n) is 2.26. The summed E-state index contributed by atoms with van der Waals surface area (Å²) in [5.74, 6) is 6.13. The van der Waals surface area contributed by atoms with E-state index in [4.69, 9.17) is 5.84 Å². The number of aromatic nitrogens is 1. The van der Waals surface area contributed by atoms with Crippen LogP contribution in [-0.2, 0) is 13.1 Å². The van der Waals surface area contributed by atoms with E-state index >= 15 is 0 Å². The van der Waals surface area contributed by atoms with Crippen LogP contribution in [0.3, 0.4) is 0 Å². The summed E-state index contributed by atoms with van der Waals surface area (Å²) in [6.07, 6.45) is 4.44. The number of hydrazine groups is 1. The van der Waals surface area contributed by atoms with Crippen molar-refractivity contribution in [2.45, 2.75) is 32.0 Å². The highest BCUT2D eigenvalue weighted by molar-refractivity contribution is 7.07. The van der Waals surface area contributed by atoms with Gasteiger partial charge in [0, 0.05) is 25.3 Å². The summed E-state index contributed by atoms with van der Waals surface area (Å²) in [6.45, 7) is 1.99. The van der Waals surface area contributed by atoms with E-state index in [1.807, 2.05) is 6.07 Å². The van der Waals surface area contributed by atoms with Crippen molar-refractivity contribution in [2.75, 3.05) is 5.43 Å². The third kappa shape index (κ3) is 3.32.